The van der Waals surface area contributed by atoms with E-state index < -0.39 is 0 Å². The van der Waals surface area contributed by atoms with Gasteiger partial charge in [-0.3, -0.25) is 10.1 Å². The van der Waals surface area contributed by atoms with E-state index in [1.807, 2.05) is 60.8 Å². The van der Waals surface area contributed by atoms with Gasteiger partial charge in [0.25, 0.3) is 0 Å². The van der Waals surface area contributed by atoms with Crippen LogP contribution in [0.25, 0.3) is 17.3 Å². The lowest BCUT2D eigenvalue weighted by Gasteiger charge is -2.05. The normalized spacial score (nSPS) is 10.9. The van der Waals surface area contributed by atoms with Gasteiger partial charge in [0.1, 0.15) is 5.75 Å². The Balaban J connectivity index is 1.57. The SMILES string of the molecule is CCCCOc1ccc(-c2csc(NC(=O)/C=C/c3ccc(C)cc3)n2)cc1. The van der Waals surface area contributed by atoms with Crippen LogP contribution in [0.1, 0.15) is 30.9 Å². The van der Waals surface area contributed by atoms with Gasteiger partial charge >= 0.3 is 0 Å². The minimum Gasteiger partial charge on any atom is -0.494 e. The molecule has 0 bridgehead atoms. The number of carbonyl (C=O) groups is 1. The van der Waals surface area contributed by atoms with Crippen molar-refractivity contribution in [1.82, 2.24) is 4.98 Å². The summed E-state index contributed by atoms with van der Waals surface area (Å²) >= 11 is 1.41. The molecule has 1 amide bonds. The van der Waals surface area contributed by atoms with Gasteiger partial charge in [-0.25, -0.2) is 4.98 Å². The fourth-order valence-electron chi connectivity index (χ4n) is 2.52. The number of unbranched alkanes of at least 4 members (excludes halogenated alkanes) is 1. The Morgan fingerprint density at radius 3 is 2.61 bits per heavy atom. The van der Waals surface area contributed by atoms with Crippen molar-refractivity contribution >= 4 is 28.5 Å². The number of hydrogen-bond donors (Lipinski definition) is 1. The molecule has 0 atom stereocenters. The molecule has 5 heteroatoms. The molecule has 2 aromatic carbocycles. The molecule has 1 heterocycles. The number of hydrogen-bond acceptors (Lipinski definition) is 4. The van der Waals surface area contributed by atoms with Crippen molar-refractivity contribution in [3.8, 4) is 17.0 Å². The van der Waals surface area contributed by atoms with Gasteiger partial charge in [-0.1, -0.05) is 43.2 Å². The van der Waals surface area contributed by atoms with E-state index in [1.54, 1.807) is 6.08 Å². The molecule has 0 saturated carbocycles. The molecule has 0 fully saturated rings. The number of rotatable bonds is 8. The number of nitrogens with one attached hydrogen (secondary N) is 1. The van der Waals surface area contributed by atoms with E-state index in [0.29, 0.717) is 5.13 Å². The highest BCUT2D eigenvalue weighted by Gasteiger charge is 2.07. The smallest absolute Gasteiger partial charge is 0.250 e. The molecule has 0 spiro atoms. The summed E-state index contributed by atoms with van der Waals surface area (Å²) in [6.07, 6.45) is 5.48. The van der Waals surface area contributed by atoms with Crippen LogP contribution in [-0.4, -0.2) is 17.5 Å². The second-order valence-electron chi connectivity index (χ2n) is 6.50. The summed E-state index contributed by atoms with van der Waals surface area (Å²) < 4.78 is 5.68. The van der Waals surface area contributed by atoms with Crippen LogP contribution in [0.2, 0.25) is 0 Å². The van der Waals surface area contributed by atoms with E-state index >= 15 is 0 Å². The standard InChI is InChI=1S/C23H24N2O2S/c1-3-4-15-27-20-12-10-19(11-13-20)21-16-28-23(24-21)25-22(26)14-9-18-7-5-17(2)6-8-18/h5-14,16H,3-4,15H2,1-2H3,(H,24,25,26)/b14-9+. The van der Waals surface area contributed by atoms with Crippen LogP contribution in [0, 0.1) is 6.92 Å². The fraction of sp³-hybridized carbons (Fsp3) is 0.217. The number of amides is 1. The first-order valence-electron chi connectivity index (χ1n) is 9.38. The third-order valence-electron chi connectivity index (χ3n) is 4.16. The molecule has 3 aromatic rings. The summed E-state index contributed by atoms with van der Waals surface area (Å²) in [5.41, 5.74) is 4.01. The molecule has 3 rings (SSSR count). The molecule has 0 unspecified atom stereocenters. The first-order chi connectivity index (χ1) is 13.6. The topological polar surface area (TPSA) is 51.2 Å². The van der Waals surface area contributed by atoms with Crippen LogP contribution in [-0.2, 0) is 4.79 Å². The van der Waals surface area contributed by atoms with Crippen LogP contribution in [0.5, 0.6) is 5.75 Å². The lowest BCUT2D eigenvalue weighted by molar-refractivity contribution is -0.111. The largest absolute Gasteiger partial charge is 0.494 e. The van der Waals surface area contributed by atoms with E-state index in [-0.39, 0.29) is 5.91 Å². The number of aryl methyl sites for hydroxylation is 1. The monoisotopic (exact) mass is 392 g/mol. The van der Waals surface area contributed by atoms with Crippen molar-refractivity contribution in [3.63, 3.8) is 0 Å². The van der Waals surface area contributed by atoms with Crippen molar-refractivity contribution in [2.45, 2.75) is 26.7 Å². The van der Waals surface area contributed by atoms with Gasteiger partial charge in [0.05, 0.1) is 12.3 Å². The average molecular weight is 393 g/mol. The Labute approximate surface area is 169 Å². The second kappa shape index (κ2) is 9.85. The van der Waals surface area contributed by atoms with Gasteiger partial charge in [-0.15, -0.1) is 11.3 Å². The van der Waals surface area contributed by atoms with Crippen molar-refractivity contribution in [1.29, 1.82) is 0 Å². The first-order valence-corrected chi connectivity index (χ1v) is 10.3. The van der Waals surface area contributed by atoms with E-state index in [2.05, 4.69) is 17.2 Å². The number of carbonyl (C=O) groups excluding carboxylic acids is 1. The number of aromatic nitrogens is 1. The van der Waals surface area contributed by atoms with Crippen molar-refractivity contribution in [2.24, 2.45) is 0 Å². The molecule has 1 N–H and O–H groups in total. The highest BCUT2D eigenvalue weighted by Crippen LogP contribution is 2.26. The average Bonchev–Trinajstić information content (AvgIpc) is 3.17. The van der Waals surface area contributed by atoms with Gasteiger partial charge in [0.15, 0.2) is 5.13 Å². The highest BCUT2D eigenvalue weighted by molar-refractivity contribution is 7.14. The maximum Gasteiger partial charge on any atom is 0.250 e. The zero-order valence-corrected chi connectivity index (χ0v) is 17.0. The number of anilines is 1. The minimum absolute atomic E-state index is 0.193. The van der Waals surface area contributed by atoms with Crippen molar-refractivity contribution < 1.29 is 9.53 Å². The van der Waals surface area contributed by atoms with Crippen LogP contribution in [0.3, 0.4) is 0 Å². The molecular formula is C23H24N2O2S. The van der Waals surface area contributed by atoms with Crippen LogP contribution in [0.4, 0.5) is 5.13 Å². The predicted octanol–water partition coefficient (Wildman–Crippen LogP) is 5.95. The number of nitrogens with zero attached hydrogens (tertiary/aromatic N) is 1. The van der Waals surface area contributed by atoms with Gasteiger partial charge in [0, 0.05) is 17.0 Å². The third kappa shape index (κ3) is 5.79. The third-order valence-corrected chi connectivity index (χ3v) is 4.91. The molecule has 0 aliphatic rings. The number of ether oxygens (including phenoxy) is 1. The van der Waals surface area contributed by atoms with Gasteiger partial charge in [0.2, 0.25) is 5.91 Å². The molecular weight excluding hydrogens is 368 g/mol. The molecule has 4 nitrogen and oxygen atoms in total. The van der Waals surface area contributed by atoms with E-state index in [0.717, 1.165) is 42.0 Å². The molecule has 28 heavy (non-hydrogen) atoms. The fourth-order valence-corrected chi connectivity index (χ4v) is 3.24. The Morgan fingerprint density at radius 2 is 1.89 bits per heavy atom. The molecule has 0 aliphatic carbocycles. The minimum atomic E-state index is -0.193. The summed E-state index contributed by atoms with van der Waals surface area (Å²) in [5, 5.41) is 5.33. The summed E-state index contributed by atoms with van der Waals surface area (Å²) in [7, 11) is 0. The molecule has 1 aromatic heterocycles. The predicted molar refractivity (Wildman–Crippen MR) is 117 cm³/mol. The molecule has 0 radical (unpaired) electrons. The second-order valence-corrected chi connectivity index (χ2v) is 7.36. The lowest BCUT2D eigenvalue weighted by atomic mass is 10.1. The Kier molecular flexibility index (Phi) is 6.98. The van der Waals surface area contributed by atoms with Gasteiger partial charge < -0.3 is 4.74 Å². The highest BCUT2D eigenvalue weighted by atomic mass is 32.1. The Hall–Kier alpha value is -2.92. The van der Waals surface area contributed by atoms with Gasteiger partial charge in [-0.05, 0) is 49.2 Å². The maximum absolute atomic E-state index is 12.1. The van der Waals surface area contributed by atoms with E-state index in [1.165, 1.54) is 23.0 Å². The Bertz CT molecular complexity index is 928. The molecule has 0 saturated heterocycles. The first kappa shape index (κ1) is 19.8. The van der Waals surface area contributed by atoms with Crippen molar-refractivity contribution in [2.75, 3.05) is 11.9 Å². The van der Waals surface area contributed by atoms with Gasteiger partial charge in [-0.2, -0.15) is 0 Å². The van der Waals surface area contributed by atoms with Crippen molar-refractivity contribution in [3.05, 3.63) is 71.1 Å². The Morgan fingerprint density at radius 1 is 1.14 bits per heavy atom. The van der Waals surface area contributed by atoms with Crippen LogP contribution < -0.4 is 10.1 Å². The molecule has 144 valence electrons. The lowest BCUT2D eigenvalue weighted by Crippen LogP contribution is -2.07. The summed E-state index contributed by atoms with van der Waals surface area (Å²) in [6.45, 7) is 4.91. The summed E-state index contributed by atoms with van der Waals surface area (Å²) in [4.78, 5) is 16.6. The van der Waals surface area contributed by atoms with Crippen LogP contribution in [0.15, 0.2) is 60.0 Å². The maximum atomic E-state index is 12.1. The van der Waals surface area contributed by atoms with E-state index in [4.69, 9.17) is 4.74 Å². The zero-order chi connectivity index (χ0) is 19.8. The quantitative estimate of drug-likeness (QED) is 0.381. The summed E-state index contributed by atoms with van der Waals surface area (Å²) in [5.74, 6) is 0.670. The molecule has 0 aliphatic heterocycles. The summed E-state index contributed by atoms with van der Waals surface area (Å²) in [6, 6.07) is 15.9. The van der Waals surface area contributed by atoms with Crippen LogP contribution >= 0.6 is 11.3 Å². The number of benzene rings is 2. The number of thiazole rings is 1. The van der Waals surface area contributed by atoms with E-state index in [9.17, 15) is 4.79 Å². The zero-order valence-electron chi connectivity index (χ0n) is 16.1.